The lowest BCUT2D eigenvalue weighted by atomic mass is 9.99. The minimum absolute atomic E-state index is 0.00966. The second kappa shape index (κ2) is 5.38. The third-order valence-corrected chi connectivity index (χ3v) is 4.42. The second-order valence-electron chi connectivity index (χ2n) is 4.51. The fraction of sp³-hybridized carbons (Fsp3) is 0.583. The number of nitrogens with zero attached hydrogens (tertiary/aromatic N) is 1. The summed E-state index contributed by atoms with van der Waals surface area (Å²) in [5.74, 6) is 0.275. The average Bonchev–Trinajstić information content (AvgIpc) is 2.85. The van der Waals surface area contributed by atoms with Crippen molar-refractivity contribution >= 4 is 28.9 Å². The minimum atomic E-state index is -0.0933. The first-order valence-electron chi connectivity index (χ1n) is 5.64. The second-order valence-corrected chi connectivity index (χ2v) is 6.31. The first-order valence-corrected chi connectivity index (χ1v) is 6.84. The maximum Gasteiger partial charge on any atom is 0.310 e. The first kappa shape index (κ1) is 12.9. The SMILES string of the molecule is COC(=O)C1CN(Cc2ccc(Cl)s2)CC1C. The number of carbonyl (C=O) groups excluding carboxylic acids is 1. The molecule has 1 aliphatic rings. The van der Waals surface area contributed by atoms with Gasteiger partial charge in [0.2, 0.25) is 0 Å². The number of thiophene rings is 1. The third kappa shape index (κ3) is 3.00. The van der Waals surface area contributed by atoms with Crippen molar-refractivity contribution < 1.29 is 9.53 Å². The Morgan fingerprint density at radius 2 is 2.35 bits per heavy atom. The van der Waals surface area contributed by atoms with Gasteiger partial charge in [-0.2, -0.15) is 0 Å². The lowest BCUT2D eigenvalue weighted by molar-refractivity contribution is -0.146. The Morgan fingerprint density at radius 3 is 2.94 bits per heavy atom. The molecule has 5 heteroatoms. The normalized spacial score (nSPS) is 25.1. The van der Waals surface area contributed by atoms with Gasteiger partial charge < -0.3 is 4.74 Å². The van der Waals surface area contributed by atoms with E-state index in [4.69, 9.17) is 16.3 Å². The fourth-order valence-corrected chi connectivity index (χ4v) is 3.44. The van der Waals surface area contributed by atoms with Crippen molar-refractivity contribution in [2.75, 3.05) is 20.2 Å². The van der Waals surface area contributed by atoms with Crippen LogP contribution in [0.15, 0.2) is 12.1 Å². The van der Waals surface area contributed by atoms with Gasteiger partial charge >= 0.3 is 5.97 Å². The van der Waals surface area contributed by atoms with E-state index in [-0.39, 0.29) is 11.9 Å². The highest BCUT2D eigenvalue weighted by Gasteiger charge is 2.35. The van der Waals surface area contributed by atoms with Crippen LogP contribution in [0.4, 0.5) is 0 Å². The zero-order valence-corrected chi connectivity index (χ0v) is 11.6. The molecule has 2 unspecified atom stereocenters. The number of hydrogen-bond donors (Lipinski definition) is 0. The van der Waals surface area contributed by atoms with E-state index in [1.807, 2.05) is 12.1 Å². The van der Waals surface area contributed by atoms with Gasteiger partial charge in [0, 0.05) is 24.5 Å². The zero-order valence-electron chi connectivity index (χ0n) is 9.98. The summed E-state index contributed by atoms with van der Waals surface area (Å²) in [7, 11) is 1.46. The number of hydrogen-bond acceptors (Lipinski definition) is 4. The van der Waals surface area contributed by atoms with Gasteiger partial charge in [-0.05, 0) is 18.1 Å². The molecule has 17 heavy (non-hydrogen) atoms. The summed E-state index contributed by atoms with van der Waals surface area (Å²) >= 11 is 7.50. The predicted octanol–water partition coefficient (Wildman–Crippen LogP) is 2.64. The number of ether oxygens (including phenoxy) is 1. The zero-order chi connectivity index (χ0) is 12.4. The Bertz CT molecular complexity index is 407. The van der Waals surface area contributed by atoms with Gasteiger partial charge in [0.05, 0.1) is 17.4 Å². The minimum Gasteiger partial charge on any atom is -0.469 e. The lowest BCUT2D eigenvalue weighted by Gasteiger charge is -2.13. The van der Waals surface area contributed by atoms with Gasteiger partial charge in [0.25, 0.3) is 0 Å². The molecule has 2 atom stereocenters. The van der Waals surface area contributed by atoms with Crippen LogP contribution in [0.1, 0.15) is 11.8 Å². The number of rotatable bonds is 3. The molecule has 0 saturated carbocycles. The molecule has 3 nitrogen and oxygen atoms in total. The molecule has 1 saturated heterocycles. The molecule has 1 aliphatic heterocycles. The van der Waals surface area contributed by atoms with Gasteiger partial charge in [-0.3, -0.25) is 9.69 Å². The molecule has 0 aliphatic carbocycles. The Hall–Kier alpha value is -0.580. The van der Waals surface area contributed by atoms with Crippen molar-refractivity contribution in [3.05, 3.63) is 21.3 Å². The van der Waals surface area contributed by atoms with Crippen molar-refractivity contribution in [3.8, 4) is 0 Å². The van der Waals surface area contributed by atoms with Crippen LogP contribution in [0.3, 0.4) is 0 Å². The number of likely N-dealkylation sites (tertiary alicyclic amines) is 1. The molecule has 0 bridgehead atoms. The van der Waals surface area contributed by atoms with Crippen LogP contribution in [0.25, 0.3) is 0 Å². The molecule has 2 rings (SSSR count). The topological polar surface area (TPSA) is 29.5 Å². The van der Waals surface area contributed by atoms with E-state index in [1.165, 1.54) is 12.0 Å². The summed E-state index contributed by atoms with van der Waals surface area (Å²) in [6.45, 7) is 4.69. The molecule has 0 spiro atoms. The smallest absolute Gasteiger partial charge is 0.310 e. The summed E-state index contributed by atoms with van der Waals surface area (Å²) in [5.41, 5.74) is 0. The highest BCUT2D eigenvalue weighted by molar-refractivity contribution is 7.16. The number of methoxy groups -OCH3 is 1. The monoisotopic (exact) mass is 273 g/mol. The van der Waals surface area contributed by atoms with Crippen LogP contribution in [0, 0.1) is 11.8 Å². The van der Waals surface area contributed by atoms with Crippen LogP contribution in [0.5, 0.6) is 0 Å². The summed E-state index contributed by atoms with van der Waals surface area (Å²) in [6.07, 6.45) is 0. The van der Waals surface area contributed by atoms with Crippen molar-refractivity contribution in [3.63, 3.8) is 0 Å². The van der Waals surface area contributed by atoms with E-state index in [0.717, 1.165) is 24.0 Å². The Labute approximate surface area is 110 Å². The predicted molar refractivity (Wildman–Crippen MR) is 69.3 cm³/mol. The Morgan fingerprint density at radius 1 is 1.59 bits per heavy atom. The van der Waals surface area contributed by atoms with E-state index >= 15 is 0 Å². The molecule has 0 N–H and O–H groups in total. The van der Waals surface area contributed by atoms with E-state index in [1.54, 1.807) is 11.3 Å². The van der Waals surface area contributed by atoms with Crippen molar-refractivity contribution in [1.29, 1.82) is 0 Å². The van der Waals surface area contributed by atoms with Gasteiger partial charge in [-0.15, -0.1) is 11.3 Å². The maximum absolute atomic E-state index is 11.6. The first-order chi connectivity index (χ1) is 8.10. The fourth-order valence-electron chi connectivity index (χ4n) is 2.31. The van der Waals surface area contributed by atoms with Gasteiger partial charge in [0.15, 0.2) is 0 Å². The van der Waals surface area contributed by atoms with E-state index in [9.17, 15) is 4.79 Å². The molecule has 0 aromatic carbocycles. The largest absolute Gasteiger partial charge is 0.469 e. The highest BCUT2D eigenvalue weighted by atomic mass is 35.5. The standard InChI is InChI=1S/C12H16ClNO2S/c1-8-5-14(7-10(8)12(15)16-2)6-9-3-4-11(13)17-9/h3-4,8,10H,5-7H2,1-2H3. The number of esters is 1. The quantitative estimate of drug-likeness (QED) is 0.793. The summed E-state index contributed by atoms with van der Waals surface area (Å²) < 4.78 is 5.64. The van der Waals surface area contributed by atoms with Crippen molar-refractivity contribution in [2.24, 2.45) is 11.8 Å². The van der Waals surface area contributed by atoms with Crippen LogP contribution in [-0.2, 0) is 16.1 Å². The van der Waals surface area contributed by atoms with Crippen LogP contribution in [0.2, 0.25) is 4.34 Å². The van der Waals surface area contributed by atoms with Crippen LogP contribution in [-0.4, -0.2) is 31.1 Å². The van der Waals surface area contributed by atoms with Crippen molar-refractivity contribution in [1.82, 2.24) is 4.90 Å². The van der Waals surface area contributed by atoms with E-state index in [2.05, 4.69) is 11.8 Å². The maximum atomic E-state index is 11.6. The molecule has 0 radical (unpaired) electrons. The number of halogens is 1. The van der Waals surface area contributed by atoms with Crippen LogP contribution >= 0.6 is 22.9 Å². The molecule has 1 aromatic heterocycles. The van der Waals surface area contributed by atoms with Gasteiger partial charge in [-0.1, -0.05) is 18.5 Å². The van der Waals surface area contributed by atoms with Gasteiger partial charge in [-0.25, -0.2) is 0 Å². The molecule has 1 aromatic rings. The third-order valence-electron chi connectivity index (χ3n) is 3.20. The Balaban J connectivity index is 1.95. The molecular formula is C12H16ClNO2S. The summed E-state index contributed by atoms with van der Waals surface area (Å²) in [4.78, 5) is 15.1. The van der Waals surface area contributed by atoms with Gasteiger partial charge in [0.1, 0.15) is 0 Å². The lowest BCUT2D eigenvalue weighted by Crippen LogP contribution is -2.24. The Kier molecular flexibility index (Phi) is 4.07. The molecule has 0 amide bonds. The summed E-state index contributed by atoms with van der Waals surface area (Å²) in [5, 5.41) is 0. The van der Waals surface area contributed by atoms with E-state index in [0.29, 0.717) is 5.92 Å². The van der Waals surface area contributed by atoms with Crippen LogP contribution < -0.4 is 0 Å². The molecule has 2 heterocycles. The molecule has 1 fully saturated rings. The highest BCUT2D eigenvalue weighted by Crippen LogP contribution is 2.28. The number of carbonyl (C=O) groups is 1. The average molecular weight is 274 g/mol. The molecular weight excluding hydrogens is 258 g/mol. The van der Waals surface area contributed by atoms with E-state index < -0.39 is 0 Å². The van der Waals surface area contributed by atoms with Crippen molar-refractivity contribution in [2.45, 2.75) is 13.5 Å². The molecule has 94 valence electrons. The summed E-state index contributed by atoms with van der Waals surface area (Å²) in [6, 6.07) is 3.96.